The quantitative estimate of drug-likeness (QED) is 0.756. The number of rotatable bonds is 5. The zero-order valence-electron chi connectivity index (χ0n) is 11.7. The lowest BCUT2D eigenvalue weighted by Gasteiger charge is -2.07. The number of hydrogen-bond donors (Lipinski definition) is 2. The molecule has 3 heterocycles. The summed E-state index contributed by atoms with van der Waals surface area (Å²) in [5.74, 6) is 1.32. The predicted molar refractivity (Wildman–Crippen MR) is 82.5 cm³/mol. The highest BCUT2D eigenvalue weighted by atomic mass is 16.3. The maximum absolute atomic E-state index is 12.0. The Bertz CT molecular complexity index is 725. The van der Waals surface area contributed by atoms with E-state index in [0.717, 1.165) is 5.76 Å². The zero-order chi connectivity index (χ0) is 15.2. The summed E-state index contributed by atoms with van der Waals surface area (Å²) in [5, 5.41) is 5.90. The molecule has 0 fully saturated rings. The third-order valence-corrected chi connectivity index (χ3v) is 2.97. The minimum Gasteiger partial charge on any atom is -0.467 e. The fourth-order valence-electron chi connectivity index (χ4n) is 1.86. The van der Waals surface area contributed by atoms with Crippen molar-refractivity contribution in [1.82, 2.24) is 9.97 Å². The van der Waals surface area contributed by atoms with Crippen LogP contribution in [0.1, 0.15) is 16.1 Å². The van der Waals surface area contributed by atoms with Crippen molar-refractivity contribution in [2.45, 2.75) is 6.54 Å². The number of pyridine rings is 2. The molecule has 110 valence electrons. The number of hydrogen-bond acceptors (Lipinski definition) is 5. The van der Waals surface area contributed by atoms with E-state index in [1.807, 2.05) is 12.1 Å². The molecule has 0 saturated heterocycles. The van der Waals surface area contributed by atoms with Crippen LogP contribution < -0.4 is 10.6 Å². The first-order valence-electron chi connectivity index (χ1n) is 6.75. The molecular weight excluding hydrogens is 280 g/mol. The minimum atomic E-state index is -0.216. The van der Waals surface area contributed by atoms with Crippen molar-refractivity contribution >= 4 is 17.4 Å². The van der Waals surface area contributed by atoms with E-state index >= 15 is 0 Å². The average molecular weight is 294 g/mol. The van der Waals surface area contributed by atoms with Crippen molar-refractivity contribution in [1.29, 1.82) is 0 Å². The lowest BCUT2D eigenvalue weighted by Crippen LogP contribution is -2.12. The summed E-state index contributed by atoms with van der Waals surface area (Å²) >= 11 is 0. The van der Waals surface area contributed by atoms with E-state index < -0.39 is 0 Å². The van der Waals surface area contributed by atoms with Gasteiger partial charge in [-0.3, -0.25) is 9.78 Å². The molecule has 6 heteroatoms. The van der Waals surface area contributed by atoms with Crippen LogP contribution in [-0.4, -0.2) is 15.9 Å². The van der Waals surface area contributed by atoms with Crippen LogP contribution in [0.3, 0.4) is 0 Å². The maximum Gasteiger partial charge on any atom is 0.257 e. The van der Waals surface area contributed by atoms with Crippen molar-refractivity contribution in [2.75, 3.05) is 10.6 Å². The Morgan fingerprint density at radius 3 is 2.77 bits per heavy atom. The molecule has 0 spiro atoms. The van der Waals surface area contributed by atoms with Crippen LogP contribution in [-0.2, 0) is 6.54 Å². The molecule has 2 N–H and O–H groups in total. The van der Waals surface area contributed by atoms with E-state index in [9.17, 15) is 4.79 Å². The minimum absolute atomic E-state index is 0.216. The second-order valence-electron chi connectivity index (χ2n) is 4.56. The van der Waals surface area contributed by atoms with Crippen molar-refractivity contribution < 1.29 is 9.21 Å². The Morgan fingerprint density at radius 2 is 2.09 bits per heavy atom. The van der Waals surface area contributed by atoms with Crippen LogP contribution in [0.25, 0.3) is 0 Å². The fourth-order valence-corrected chi connectivity index (χ4v) is 1.86. The van der Waals surface area contributed by atoms with Gasteiger partial charge in [-0.2, -0.15) is 0 Å². The Morgan fingerprint density at radius 1 is 1.14 bits per heavy atom. The largest absolute Gasteiger partial charge is 0.467 e. The summed E-state index contributed by atoms with van der Waals surface area (Å²) in [7, 11) is 0. The number of nitrogens with one attached hydrogen (secondary N) is 2. The van der Waals surface area contributed by atoms with Crippen LogP contribution >= 0.6 is 0 Å². The van der Waals surface area contributed by atoms with E-state index in [0.29, 0.717) is 23.6 Å². The summed E-state index contributed by atoms with van der Waals surface area (Å²) in [6.45, 7) is 0.557. The van der Waals surface area contributed by atoms with Crippen LogP contribution in [0.4, 0.5) is 11.5 Å². The first-order valence-corrected chi connectivity index (χ1v) is 6.75. The topological polar surface area (TPSA) is 80.0 Å². The molecule has 3 aromatic rings. The summed E-state index contributed by atoms with van der Waals surface area (Å²) in [6, 6.07) is 10.7. The smallest absolute Gasteiger partial charge is 0.257 e. The van der Waals surface area contributed by atoms with Gasteiger partial charge in [0.2, 0.25) is 0 Å². The van der Waals surface area contributed by atoms with E-state index in [2.05, 4.69) is 20.6 Å². The second-order valence-corrected chi connectivity index (χ2v) is 4.56. The summed E-state index contributed by atoms with van der Waals surface area (Å²) in [4.78, 5) is 20.1. The molecular formula is C16H14N4O2. The van der Waals surface area contributed by atoms with Crippen molar-refractivity contribution in [3.63, 3.8) is 0 Å². The molecule has 3 rings (SSSR count). The van der Waals surface area contributed by atoms with Gasteiger partial charge in [-0.05, 0) is 36.4 Å². The van der Waals surface area contributed by atoms with Gasteiger partial charge in [-0.15, -0.1) is 0 Å². The van der Waals surface area contributed by atoms with Gasteiger partial charge < -0.3 is 15.1 Å². The second kappa shape index (κ2) is 6.53. The Kier molecular flexibility index (Phi) is 4.10. The third-order valence-electron chi connectivity index (χ3n) is 2.97. The lowest BCUT2D eigenvalue weighted by atomic mass is 10.2. The van der Waals surface area contributed by atoms with Gasteiger partial charge in [0.15, 0.2) is 0 Å². The molecule has 0 aliphatic rings. The molecule has 6 nitrogen and oxygen atoms in total. The first-order chi connectivity index (χ1) is 10.8. The molecule has 0 radical (unpaired) electrons. The molecule has 0 saturated carbocycles. The van der Waals surface area contributed by atoms with Crippen molar-refractivity contribution in [3.8, 4) is 0 Å². The molecule has 0 unspecified atom stereocenters. The van der Waals surface area contributed by atoms with Gasteiger partial charge in [0.25, 0.3) is 5.91 Å². The highest BCUT2D eigenvalue weighted by molar-refractivity contribution is 6.03. The number of carbonyl (C=O) groups is 1. The monoisotopic (exact) mass is 294 g/mol. The standard InChI is InChI=1S/C16H14N4O2/c21-16(12-3-1-7-17-9-12)20-13-5-6-15(18-10-13)19-11-14-4-2-8-22-14/h1-10H,11H2,(H,18,19)(H,20,21). The molecule has 0 aliphatic heterocycles. The van der Waals surface area contributed by atoms with Crippen molar-refractivity contribution in [3.05, 3.63) is 72.6 Å². The SMILES string of the molecule is O=C(Nc1ccc(NCc2ccco2)nc1)c1cccnc1. The molecule has 1 amide bonds. The molecule has 3 aromatic heterocycles. The summed E-state index contributed by atoms with van der Waals surface area (Å²) < 4.78 is 5.23. The van der Waals surface area contributed by atoms with Crippen LogP contribution in [0.2, 0.25) is 0 Å². The molecule has 0 aromatic carbocycles. The Balaban J connectivity index is 1.58. The van der Waals surface area contributed by atoms with Crippen molar-refractivity contribution in [2.24, 2.45) is 0 Å². The predicted octanol–water partition coefficient (Wildman–Crippen LogP) is 2.93. The molecule has 0 aliphatic carbocycles. The third kappa shape index (κ3) is 3.49. The van der Waals surface area contributed by atoms with Gasteiger partial charge in [0.05, 0.1) is 30.3 Å². The Labute approximate surface area is 127 Å². The maximum atomic E-state index is 12.0. The van der Waals surface area contributed by atoms with Gasteiger partial charge in [0, 0.05) is 12.4 Å². The number of carbonyl (C=O) groups excluding carboxylic acids is 1. The molecule has 0 bridgehead atoms. The number of anilines is 2. The number of furan rings is 1. The highest BCUT2D eigenvalue weighted by Crippen LogP contribution is 2.12. The van der Waals surface area contributed by atoms with E-state index in [1.54, 1.807) is 42.9 Å². The van der Waals surface area contributed by atoms with Gasteiger partial charge >= 0.3 is 0 Å². The summed E-state index contributed by atoms with van der Waals surface area (Å²) in [6.07, 6.45) is 6.36. The average Bonchev–Trinajstić information content (AvgIpc) is 3.08. The zero-order valence-corrected chi connectivity index (χ0v) is 11.7. The normalized spacial score (nSPS) is 10.2. The highest BCUT2D eigenvalue weighted by Gasteiger charge is 2.06. The van der Waals surface area contributed by atoms with Crippen LogP contribution in [0, 0.1) is 0 Å². The number of aromatic nitrogens is 2. The Hall–Kier alpha value is -3.15. The van der Waals surface area contributed by atoms with Crippen LogP contribution in [0.15, 0.2) is 65.7 Å². The van der Waals surface area contributed by atoms with E-state index in [1.165, 1.54) is 6.20 Å². The first kappa shape index (κ1) is 13.8. The summed E-state index contributed by atoms with van der Waals surface area (Å²) in [5.41, 5.74) is 1.12. The lowest BCUT2D eigenvalue weighted by molar-refractivity contribution is 0.102. The van der Waals surface area contributed by atoms with Gasteiger partial charge in [-0.25, -0.2) is 4.98 Å². The van der Waals surface area contributed by atoms with Gasteiger partial charge in [-0.1, -0.05) is 0 Å². The van der Waals surface area contributed by atoms with E-state index in [-0.39, 0.29) is 5.91 Å². The molecule has 0 atom stereocenters. The van der Waals surface area contributed by atoms with E-state index in [4.69, 9.17) is 4.42 Å². The fraction of sp³-hybridized carbons (Fsp3) is 0.0625. The number of nitrogens with zero attached hydrogens (tertiary/aromatic N) is 2. The number of amides is 1. The van der Waals surface area contributed by atoms with Crippen LogP contribution in [0.5, 0.6) is 0 Å². The molecule has 22 heavy (non-hydrogen) atoms. The van der Waals surface area contributed by atoms with Gasteiger partial charge in [0.1, 0.15) is 11.6 Å².